The molecule has 0 aromatic heterocycles. The van der Waals surface area contributed by atoms with Crippen LogP contribution in [-0.2, 0) is 6.42 Å². The number of rotatable bonds is 2. The maximum atomic E-state index is 13.2. The minimum absolute atomic E-state index is 0.0771. The molecule has 0 N–H and O–H groups in total. The molecule has 1 aromatic rings. The molecule has 0 saturated carbocycles. The summed E-state index contributed by atoms with van der Waals surface area (Å²) in [7, 11) is 0. The van der Waals surface area contributed by atoms with Crippen LogP contribution in [-0.4, -0.2) is 0 Å². The lowest BCUT2D eigenvalue weighted by Crippen LogP contribution is -2.07. The highest BCUT2D eigenvalue weighted by Gasteiger charge is 2.11. The summed E-state index contributed by atoms with van der Waals surface area (Å²) in [5, 5.41) is 0. The van der Waals surface area contributed by atoms with Gasteiger partial charge in [0.15, 0.2) is 0 Å². The van der Waals surface area contributed by atoms with E-state index in [-0.39, 0.29) is 11.2 Å². The molecule has 1 heteroatoms. The van der Waals surface area contributed by atoms with Gasteiger partial charge in [0, 0.05) is 0 Å². The van der Waals surface area contributed by atoms with Gasteiger partial charge in [0.25, 0.3) is 0 Å². The largest absolute Gasteiger partial charge is 0.207 e. The van der Waals surface area contributed by atoms with Gasteiger partial charge in [-0.05, 0) is 29.9 Å². The lowest BCUT2D eigenvalue weighted by Gasteiger charge is -2.17. The lowest BCUT2D eigenvalue weighted by molar-refractivity contribution is 0.375. The second-order valence-corrected chi connectivity index (χ2v) is 4.65. The third kappa shape index (κ3) is 3.58. The topological polar surface area (TPSA) is 0 Å². The van der Waals surface area contributed by atoms with E-state index in [0.717, 1.165) is 18.4 Å². The molecule has 0 amide bonds. The van der Waals surface area contributed by atoms with Crippen LogP contribution in [0.5, 0.6) is 0 Å². The number of halogens is 1. The summed E-state index contributed by atoms with van der Waals surface area (Å²) in [6.45, 7) is 6.52. The van der Waals surface area contributed by atoms with Gasteiger partial charge in [-0.25, -0.2) is 4.39 Å². The van der Waals surface area contributed by atoms with Gasteiger partial charge in [0.2, 0.25) is 0 Å². The molecule has 1 rings (SSSR count). The van der Waals surface area contributed by atoms with Crippen molar-refractivity contribution in [1.82, 2.24) is 0 Å². The van der Waals surface area contributed by atoms with Crippen LogP contribution in [0, 0.1) is 11.2 Å². The fourth-order valence-electron chi connectivity index (χ4n) is 1.21. The molecule has 1 aromatic carbocycles. The SMILES string of the molecule is CC(C)(C)CCc1ccccc1F. The Morgan fingerprint density at radius 1 is 1.15 bits per heavy atom. The fourth-order valence-corrected chi connectivity index (χ4v) is 1.21. The molecule has 13 heavy (non-hydrogen) atoms. The van der Waals surface area contributed by atoms with Crippen LogP contribution in [0.2, 0.25) is 0 Å². The molecule has 0 aliphatic rings. The van der Waals surface area contributed by atoms with Crippen LogP contribution < -0.4 is 0 Å². The molecule has 0 fully saturated rings. The summed E-state index contributed by atoms with van der Waals surface area (Å²) < 4.78 is 13.2. The maximum Gasteiger partial charge on any atom is 0.126 e. The highest BCUT2D eigenvalue weighted by atomic mass is 19.1. The number of aryl methyl sites for hydroxylation is 1. The van der Waals surface area contributed by atoms with E-state index in [1.807, 2.05) is 12.1 Å². The molecule has 72 valence electrons. The van der Waals surface area contributed by atoms with E-state index in [1.54, 1.807) is 6.07 Å². The maximum absolute atomic E-state index is 13.2. The third-order valence-electron chi connectivity index (χ3n) is 2.10. The molecule has 0 aliphatic carbocycles. The summed E-state index contributed by atoms with van der Waals surface area (Å²) in [6.07, 6.45) is 1.85. The second-order valence-electron chi connectivity index (χ2n) is 4.65. The molecule has 0 atom stereocenters. The summed E-state index contributed by atoms with van der Waals surface area (Å²) >= 11 is 0. The number of hydrogen-bond donors (Lipinski definition) is 0. The number of hydrogen-bond acceptors (Lipinski definition) is 0. The van der Waals surface area contributed by atoms with Gasteiger partial charge in [0.05, 0.1) is 0 Å². The van der Waals surface area contributed by atoms with Crippen LogP contribution in [0.25, 0.3) is 0 Å². The predicted molar refractivity (Wildman–Crippen MR) is 54.2 cm³/mol. The highest BCUT2D eigenvalue weighted by Crippen LogP contribution is 2.22. The Balaban J connectivity index is 2.60. The summed E-state index contributed by atoms with van der Waals surface area (Å²) in [4.78, 5) is 0. The van der Waals surface area contributed by atoms with Crippen molar-refractivity contribution >= 4 is 0 Å². The van der Waals surface area contributed by atoms with Gasteiger partial charge >= 0.3 is 0 Å². The molecule has 0 bridgehead atoms. The van der Waals surface area contributed by atoms with Crippen molar-refractivity contribution in [1.29, 1.82) is 0 Å². The van der Waals surface area contributed by atoms with Crippen molar-refractivity contribution in [3.05, 3.63) is 35.6 Å². The molecular formula is C12H17F. The Labute approximate surface area is 79.8 Å². The Morgan fingerprint density at radius 3 is 2.31 bits per heavy atom. The first-order chi connectivity index (χ1) is 5.99. The standard InChI is InChI=1S/C12H17F/c1-12(2,3)9-8-10-6-4-5-7-11(10)13/h4-7H,8-9H2,1-3H3. The van der Waals surface area contributed by atoms with Crippen LogP contribution in [0.15, 0.2) is 24.3 Å². The van der Waals surface area contributed by atoms with Crippen molar-refractivity contribution in [2.24, 2.45) is 5.41 Å². The van der Waals surface area contributed by atoms with Crippen molar-refractivity contribution in [2.45, 2.75) is 33.6 Å². The van der Waals surface area contributed by atoms with Gasteiger partial charge in [-0.15, -0.1) is 0 Å². The zero-order valence-electron chi connectivity index (χ0n) is 8.60. The first-order valence-electron chi connectivity index (χ1n) is 4.72. The number of benzene rings is 1. The average Bonchev–Trinajstić information content (AvgIpc) is 2.01. The van der Waals surface area contributed by atoms with E-state index in [9.17, 15) is 4.39 Å². The van der Waals surface area contributed by atoms with E-state index in [2.05, 4.69) is 20.8 Å². The zero-order valence-corrected chi connectivity index (χ0v) is 8.60. The molecular weight excluding hydrogens is 163 g/mol. The molecule has 0 spiro atoms. The Hall–Kier alpha value is -0.850. The highest BCUT2D eigenvalue weighted by molar-refractivity contribution is 5.17. The lowest BCUT2D eigenvalue weighted by atomic mass is 9.88. The van der Waals surface area contributed by atoms with Crippen molar-refractivity contribution < 1.29 is 4.39 Å². The van der Waals surface area contributed by atoms with Gasteiger partial charge in [-0.2, -0.15) is 0 Å². The van der Waals surface area contributed by atoms with Crippen molar-refractivity contribution in [3.8, 4) is 0 Å². The van der Waals surface area contributed by atoms with Crippen LogP contribution in [0.1, 0.15) is 32.8 Å². The first-order valence-corrected chi connectivity index (χ1v) is 4.72. The van der Waals surface area contributed by atoms with Gasteiger partial charge < -0.3 is 0 Å². The Kier molecular flexibility index (Phi) is 3.07. The molecule has 0 radical (unpaired) electrons. The smallest absolute Gasteiger partial charge is 0.126 e. The molecule has 0 saturated heterocycles. The predicted octanol–water partition coefficient (Wildman–Crippen LogP) is 3.80. The van der Waals surface area contributed by atoms with Crippen LogP contribution in [0.3, 0.4) is 0 Å². The summed E-state index contributed by atoms with van der Waals surface area (Å²) in [5.74, 6) is -0.0771. The average molecular weight is 180 g/mol. The third-order valence-corrected chi connectivity index (χ3v) is 2.10. The van der Waals surface area contributed by atoms with Gasteiger partial charge in [-0.1, -0.05) is 39.0 Å². The van der Waals surface area contributed by atoms with Crippen LogP contribution >= 0.6 is 0 Å². The van der Waals surface area contributed by atoms with Gasteiger partial charge in [-0.3, -0.25) is 0 Å². The van der Waals surface area contributed by atoms with E-state index >= 15 is 0 Å². The second kappa shape index (κ2) is 3.91. The van der Waals surface area contributed by atoms with Crippen LogP contribution in [0.4, 0.5) is 4.39 Å². The van der Waals surface area contributed by atoms with E-state index in [1.165, 1.54) is 6.07 Å². The zero-order chi connectivity index (χ0) is 9.90. The fraction of sp³-hybridized carbons (Fsp3) is 0.500. The summed E-state index contributed by atoms with van der Waals surface area (Å²) in [5.41, 5.74) is 1.11. The first kappa shape index (κ1) is 10.2. The van der Waals surface area contributed by atoms with Gasteiger partial charge in [0.1, 0.15) is 5.82 Å². The summed E-state index contributed by atoms with van der Waals surface area (Å²) in [6, 6.07) is 7.01. The van der Waals surface area contributed by atoms with E-state index in [0.29, 0.717) is 0 Å². The molecule has 0 aliphatic heterocycles. The molecule has 0 nitrogen and oxygen atoms in total. The van der Waals surface area contributed by atoms with Crippen molar-refractivity contribution in [3.63, 3.8) is 0 Å². The normalized spacial score (nSPS) is 11.7. The molecule has 0 unspecified atom stereocenters. The quantitative estimate of drug-likeness (QED) is 0.649. The molecule has 0 heterocycles. The minimum atomic E-state index is -0.0771. The Morgan fingerprint density at radius 2 is 1.77 bits per heavy atom. The van der Waals surface area contributed by atoms with E-state index in [4.69, 9.17) is 0 Å². The Bertz CT molecular complexity index is 271. The monoisotopic (exact) mass is 180 g/mol. The van der Waals surface area contributed by atoms with E-state index < -0.39 is 0 Å². The van der Waals surface area contributed by atoms with Crippen molar-refractivity contribution in [2.75, 3.05) is 0 Å². The minimum Gasteiger partial charge on any atom is -0.207 e.